The Bertz CT molecular complexity index is 837. The summed E-state index contributed by atoms with van der Waals surface area (Å²) in [6.07, 6.45) is 0.107. The molecule has 0 spiro atoms. The van der Waals surface area contributed by atoms with Crippen LogP contribution >= 0.6 is 0 Å². The van der Waals surface area contributed by atoms with E-state index in [2.05, 4.69) is 16.0 Å². The van der Waals surface area contributed by atoms with E-state index in [4.69, 9.17) is 0 Å². The van der Waals surface area contributed by atoms with Crippen LogP contribution in [0.15, 0.2) is 48.5 Å². The van der Waals surface area contributed by atoms with Gasteiger partial charge in [0.05, 0.1) is 6.54 Å². The summed E-state index contributed by atoms with van der Waals surface area (Å²) in [6, 6.07) is 14.5. The first kappa shape index (κ1) is 21.0. The Kier molecular flexibility index (Phi) is 7.56. The standard InChI is InChI=1S/C21H26N4O3/c1-15-9-10-16(2)18(13-15)24-19(26)14-25(3)20(27)11-12-22-21(28)23-17-7-5-4-6-8-17/h4-10,13H,11-12,14H2,1-3H3,(H,24,26)(H2,22,23,28). The zero-order valence-corrected chi connectivity index (χ0v) is 16.4. The predicted octanol–water partition coefficient (Wildman–Crippen LogP) is 2.91. The third-order valence-corrected chi connectivity index (χ3v) is 4.13. The van der Waals surface area contributed by atoms with E-state index in [1.807, 2.05) is 50.2 Å². The van der Waals surface area contributed by atoms with Crippen LogP contribution in [0.1, 0.15) is 17.5 Å². The van der Waals surface area contributed by atoms with Crippen molar-refractivity contribution >= 4 is 29.2 Å². The van der Waals surface area contributed by atoms with Gasteiger partial charge >= 0.3 is 6.03 Å². The fourth-order valence-electron chi connectivity index (χ4n) is 2.53. The Labute approximate surface area is 165 Å². The van der Waals surface area contributed by atoms with Gasteiger partial charge in [0, 0.05) is 31.4 Å². The summed E-state index contributed by atoms with van der Waals surface area (Å²) in [6.45, 7) is 3.99. The molecule has 3 N–H and O–H groups in total. The summed E-state index contributed by atoms with van der Waals surface area (Å²) in [7, 11) is 1.56. The van der Waals surface area contributed by atoms with Crippen LogP contribution in [0, 0.1) is 13.8 Å². The average molecular weight is 382 g/mol. The number of carbonyl (C=O) groups is 3. The smallest absolute Gasteiger partial charge is 0.319 e. The first-order valence-electron chi connectivity index (χ1n) is 9.06. The Balaban J connectivity index is 1.72. The fraction of sp³-hybridized carbons (Fsp3) is 0.286. The van der Waals surface area contributed by atoms with Crippen molar-refractivity contribution in [1.82, 2.24) is 10.2 Å². The van der Waals surface area contributed by atoms with Crippen molar-refractivity contribution in [2.75, 3.05) is 30.8 Å². The molecule has 148 valence electrons. The number of amides is 4. The number of hydrogen-bond donors (Lipinski definition) is 3. The molecule has 0 aromatic heterocycles. The van der Waals surface area contributed by atoms with Crippen LogP contribution in [0.3, 0.4) is 0 Å². The van der Waals surface area contributed by atoms with Gasteiger partial charge < -0.3 is 20.9 Å². The largest absolute Gasteiger partial charge is 0.337 e. The number of urea groups is 1. The zero-order chi connectivity index (χ0) is 20.5. The highest BCUT2D eigenvalue weighted by molar-refractivity contribution is 5.95. The van der Waals surface area contributed by atoms with Crippen molar-refractivity contribution in [3.63, 3.8) is 0 Å². The third kappa shape index (κ3) is 6.75. The molecule has 0 aliphatic heterocycles. The van der Waals surface area contributed by atoms with Crippen LogP contribution in [0.25, 0.3) is 0 Å². The van der Waals surface area contributed by atoms with Gasteiger partial charge in [-0.15, -0.1) is 0 Å². The van der Waals surface area contributed by atoms with Crippen LogP contribution in [-0.4, -0.2) is 42.9 Å². The van der Waals surface area contributed by atoms with Crippen molar-refractivity contribution in [2.45, 2.75) is 20.3 Å². The second-order valence-electron chi connectivity index (χ2n) is 6.61. The minimum absolute atomic E-state index is 0.0531. The van der Waals surface area contributed by atoms with Crippen LogP contribution in [0.2, 0.25) is 0 Å². The quantitative estimate of drug-likeness (QED) is 0.688. The summed E-state index contributed by atoms with van der Waals surface area (Å²) < 4.78 is 0. The lowest BCUT2D eigenvalue weighted by atomic mass is 10.1. The second kappa shape index (κ2) is 10.1. The number of carbonyl (C=O) groups excluding carboxylic acids is 3. The van der Waals surface area contributed by atoms with E-state index in [9.17, 15) is 14.4 Å². The maximum absolute atomic E-state index is 12.2. The van der Waals surface area contributed by atoms with Crippen LogP contribution < -0.4 is 16.0 Å². The maximum atomic E-state index is 12.2. The second-order valence-corrected chi connectivity index (χ2v) is 6.61. The summed E-state index contributed by atoms with van der Waals surface area (Å²) in [5.41, 5.74) is 3.42. The van der Waals surface area contributed by atoms with Crippen LogP contribution in [-0.2, 0) is 9.59 Å². The SMILES string of the molecule is Cc1ccc(C)c(NC(=O)CN(C)C(=O)CCNC(=O)Nc2ccccc2)c1. The molecule has 2 rings (SSSR count). The van der Waals surface area contributed by atoms with Gasteiger partial charge in [0.25, 0.3) is 0 Å². The molecule has 0 aliphatic carbocycles. The van der Waals surface area contributed by atoms with Gasteiger partial charge in [-0.25, -0.2) is 4.79 Å². The van der Waals surface area contributed by atoms with E-state index in [0.717, 1.165) is 16.8 Å². The van der Waals surface area contributed by atoms with Crippen molar-refractivity contribution < 1.29 is 14.4 Å². The molecule has 2 aromatic carbocycles. The van der Waals surface area contributed by atoms with Crippen LogP contribution in [0.5, 0.6) is 0 Å². The molecule has 0 fully saturated rings. The van der Waals surface area contributed by atoms with E-state index in [0.29, 0.717) is 5.69 Å². The van der Waals surface area contributed by atoms with Crippen molar-refractivity contribution in [3.05, 3.63) is 59.7 Å². The highest BCUT2D eigenvalue weighted by atomic mass is 16.2. The van der Waals surface area contributed by atoms with Crippen molar-refractivity contribution in [2.24, 2.45) is 0 Å². The van der Waals surface area contributed by atoms with Crippen molar-refractivity contribution in [3.8, 4) is 0 Å². The fourth-order valence-corrected chi connectivity index (χ4v) is 2.53. The van der Waals surface area contributed by atoms with Gasteiger partial charge in [0.15, 0.2) is 0 Å². The molecule has 0 heterocycles. The van der Waals surface area contributed by atoms with Gasteiger partial charge in [-0.2, -0.15) is 0 Å². The highest BCUT2D eigenvalue weighted by Crippen LogP contribution is 2.16. The summed E-state index contributed by atoms with van der Waals surface area (Å²) in [5.74, 6) is -0.490. The molecule has 7 nitrogen and oxygen atoms in total. The summed E-state index contributed by atoms with van der Waals surface area (Å²) in [4.78, 5) is 37.5. The molecular formula is C21H26N4O3. The molecule has 0 radical (unpaired) electrons. The van der Waals surface area contributed by atoms with E-state index in [1.165, 1.54) is 4.90 Å². The first-order chi connectivity index (χ1) is 13.3. The Morgan fingerprint density at radius 1 is 0.964 bits per heavy atom. The molecule has 0 saturated heterocycles. The van der Waals surface area contributed by atoms with E-state index in [1.54, 1.807) is 19.2 Å². The first-order valence-corrected chi connectivity index (χ1v) is 9.06. The van der Waals surface area contributed by atoms with E-state index >= 15 is 0 Å². The number of hydrogen-bond acceptors (Lipinski definition) is 3. The lowest BCUT2D eigenvalue weighted by molar-refractivity contribution is -0.133. The average Bonchev–Trinajstić information content (AvgIpc) is 2.65. The molecule has 0 atom stereocenters. The monoisotopic (exact) mass is 382 g/mol. The lowest BCUT2D eigenvalue weighted by Crippen LogP contribution is -2.37. The summed E-state index contributed by atoms with van der Waals surface area (Å²) in [5, 5.41) is 8.13. The molecule has 0 unspecified atom stereocenters. The molecule has 28 heavy (non-hydrogen) atoms. The number of nitrogens with zero attached hydrogens (tertiary/aromatic N) is 1. The molecule has 0 bridgehead atoms. The number of benzene rings is 2. The van der Waals surface area contributed by atoms with Gasteiger partial charge in [-0.05, 0) is 43.2 Å². The lowest BCUT2D eigenvalue weighted by Gasteiger charge is -2.18. The van der Waals surface area contributed by atoms with E-state index in [-0.39, 0.29) is 37.4 Å². The number of nitrogens with one attached hydrogen (secondary N) is 3. The minimum atomic E-state index is -0.380. The Morgan fingerprint density at radius 3 is 2.39 bits per heavy atom. The Hall–Kier alpha value is -3.35. The molecular weight excluding hydrogens is 356 g/mol. The number of aryl methyl sites for hydroxylation is 2. The molecule has 2 aromatic rings. The van der Waals surface area contributed by atoms with Crippen LogP contribution in [0.4, 0.5) is 16.2 Å². The molecule has 0 aliphatic rings. The minimum Gasteiger partial charge on any atom is -0.337 e. The van der Waals surface area contributed by atoms with Gasteiger partial charge in [0.1, 0.15) is 0 Å². The number of para-hydroxylation sites is 1. The topological polar surface area (TPSA) is 90.5 Å². The van der Waals surface area contributed by atoms with Gasteiger partial charge in [-0.3, -0.25) is 9.59 Å². The van der Waals surface area contributed by atoms with Crippen molar-refractivity contribution in [1.29, 1.82) is 0 Å². The molecule has 7 heteroatoms. The van der Waals surface area contributed by atoms with E-state index < -0.39 is 0 Å². The predicted molar refractivity (Wildman–Crippen MR) is 110 cm³/mol. The highest BCUT2D eigenvalue weighted by Gasteiger charge is 2.14. The molecule has 4 amide bonds. The molecule has 0 saturated carbocycles. The number of likely N-dealkylation sites (N-methyl/N-ethyl adjacent to an activating group) is 1. The normalized spacial score (nSPS) is 10.1. The number of anilines is 2. The third-order valence-electron chi connectivity index (χ3n) is 4.13. The Morgan fingerprint density at radius 2 is 1.68 bits per heavy atom. The van der Waals surface area contributed by atoms with Gasteiger partial charge in [-0.1, -0.05) is 30.3 Å². The van der Waals surface area contributed by atoms with Gasteiger partial charge in [0.2, 0.25) is 11.8 Å². The maximum Gasteiger partial charge on any atom is 0.319 e. The number of rotatable bonds is 7. The summed E-state index contributed by atoms with van der Waals surface area (Å²) >= 11 is 0. The zero-order valence-electron chi connectivity index (χ0n) is 16.4.